The molecule has 2 atom stereocenters. The van der Waals surface area contributed by atoms with Gasteiger partial charge in [0.15, 0.2) is 0 Å². The Morgan fingerprint density at radius 3 is 2.39 bits per heavy atom. The lowest BCUT2D eigenvalue weighted by Gasteiger charge is -2.34. The van der Waals surface area contributed by atoms with Crippen LogP contribution in [0.2, 0.25) is 0 Å². The Morgan fingerprint density at radius 1 is 1.03 bits per heavy atom. The van der Waals surface area contributed by atoms with Gasteiger partial charge in [-0.05, 0) is 63.5 Å². The third kappa shape index (κ3) is 7.25. The SMILES string of the molecule is CN1CCC(N[C@@H]2CCC[C@@H](C(=O)NCc3cc(F)cc(F)c3)CC(=O)N(C)C2)CC1. The molecule has 2 saturated heterocycles. The van der Waals surface area contributed by atoms with E-state index in [2.05, 4.69) is 22.6 Å². The maximum atomic E-state index is 13.4. The van der Waals surface area contributed by atoms with Crippen molar-refractivity contribution in [2.45, 2.75) is 57.2 Å². The first-order chi connectivity index (χ1) is 14.8. The Labute approximate surface area is 183 Å². The summed E-state index contributed by atoms with van der Waals surface area (Å²) in [5.74, 6) is -2.07. The summed E-state index contributed by atoms with van der Waals surface area (Å²) in [5.41, 5.74) is 0.361. The normalized spacial score (nSPS) is 24.4. The highest BCUT2D eigenvalue weighted by Crippen LogP contribution is 2.20. The van der Waals surface area contributed by atoms with Crippen molar-refractivity contribution >= 4 is 11.8 Å². The molecule has 1 aromatic rings. The molecule has 0 radical (unpaired) electrons. The molecule has 0 bridgehead atoms. The van der Waals surface area contributed by atoms with Gasteiger partial charge < -0.3 is 20.4 Å². The molecule has 6 nitrogen and oxygen atoms in total. The number of hydrogen-bond donors (Lipinski definition) is 2. The van der Waals surface area contributed by atoms with Crippen LogP contribution in [0, 0.1) is 17.6 Å². The summed E-state index contributed by atoms with van der Waals surface area (Å²) in [4.78, 5) is 29.5. The van der Waals surface area contributed by atoms with Gasteiger partial charge in [0.05, 0.1) is 0 Å². The fourth-order valence-electron chi connectivity index (χ4n) is 4.52. The first-order valence-electron chi connectivity index (χ1n) is 11.2. The fourth-order valence-corrected chi connectivity index (χ4v) is 4.52. The van der Waals surface area contributed by atoms with Gasteiger partial charge in [-0.15, -0.1) is 0 Å². The number of likely N-dealkylation sites (N-methyl/N-ethyl adjacent to an activating group) is 1. The second-order valence-corrected chi connectivity index (χ2v) is 9.04. The molecule has 0 spiro atoms. The summed E-state index contributed by atoms with van der Waals surface area (Å²) in [6.45, 7) is 2.84. The van der Waals surface area contributed by atoms with Gasteiger partial charge in [0.1, 0.15) is 11.6 Å². The quantitative estimate of drug-likeness (QED) is 0.744. The Morgan fingerprint density at radius 2 is 1.71 bits per heavy atom. The molecule has 31 heavy (non-hydrogen) atoms. The van der Waals surface area contributed by atoms with Crippen molar-refractivity contribution in [3.8, 4) is 0 Å². The monoisotopic (exact) mass is 436 g/mol. The molecule has 3 rings (SSSR count). The predicted octanol–water partition coefficient (Wildman–Crippen LogP) is 2.28. The minimum absolute atomic E-state index is 0.0361. The number of nitrogens with zero attached hydrogens (tertiary/aromatic N) is 2. The van der Waals surface area contributed by atoms with Crippen LogP contribution in [0.4, 0.5) is 8.78 Å². The average Bonchev–Trinajstić information content (AvgIpc) is 2.77. The molecular weight excluding hydrogens is 402 g/mol. The van der Waals surface area contributed by atoms with Gasteiger partial charge >= 0.3 is 0 Å². The van der Waals surface area contributed by atoms with Gasteiger partial charge in [-0.25, -0.2) is 8.78 Å². The summed E-state index contributed by atoms with van der Waals surface area (Å²) in [6, 6.07) is 3.89. The zero-order valence-corrected chi connectivity index (χ0v) is 18.5. The average molecular weight is 437 g/mol. The molecule has 2 aliphatic heterocycles. The number of hydrogen-bond acceptors (Lipinski definition) is 4. The van der Waals surface area contributed by atoms with Crippen molar-refractivity contribution in [1.82, 2.24) is 20.4 Å². The number of piperidine rings is 1. The molecule has 0 aliphatic carbocycles. The maximum absolute atomic E-state index is 13.4. The van der Waals surface area contributed by atoms with E-state index in [4.69, 9.17) is 0 Å². The number of rotatable bonds is 5. The molecule has 2 fully saturated rings. The highest BCUT2D eigenvalue weighted by atomic mass is 19.1. The molecule has 2 N–H and O–H groups in total. The molecule has 8 heteroatoms. The van der Waals surface area contributed by atoms with E-state index < -0.39 is 17.6 Å². The summed E-state index contributed by atoms with van der Waals surface area (Å²) >= 11 is 0. The zero-order chi connectivity index (χ0) is 22.4. The van der Waals surface area contributed by atoms with Crippen LogP contribution in [0.1, 0.15) is 44.1 Å². The van der Waals surface area contributed by atoms with E-state index in [9.17, 15) is 18.4 Å². The molecule has 2 amide bonds. The Balaban J connectivity index is 1.54. The molecule has 0 unspecified atom stereocenters. The summed E-state index contributed by atoms with van der Waals surface area (Å²) in [5, 5.41) is 6.48. The largest absolute Gasteiger partial charge is 0.352 e. The van der Waals surface area contributed by atoms with Crippen LogP contribution >= 0.6 is 0 Å². The van der Waals surface area contributed by atoms with Crippen LogP contribution in [0.5, 0.6) is 0 Å². The van der Waals surface area contributed by atoms with Crippen molar-refractivity contribution in [3.63, 3.8) is 0 Å². The smallest absolute Gasteiger partial charge is 0.223 e. The van der Waals surface area contributed by atoms with Gasteiger partial charge in [0.2, 0.25) is 11.8 Å². The first kappa shape index (κ1) is 23.6. The van der Waals surface area contributed by atoms with E-state index in [1.807, 2.05) is 0 Å². The number of halogens is 2. The van der Waals surface area contributed by atoms with E-state index in [0.29, 0.717) is 24.6 Å². The van der Waals surface area contributed by atoms with Crippen LogP contribution in [-0.2, 0) is 16.1 Å². The molecule has 0 saturated carbocycles. The highest BCUT2D eigenvalue weighted by molar-refractivity contribution is 5.85. The van der Waals surface area contributed by atoms with Crippen LogP contribution in [0.15, 0.2) is 18.2 Å². The van der Waals surface area contributed by atoms with Crippen LogP contribution in [0.25, 0.3) is 0 Å². The summed E-state index contributed by atoms with van der Waals surface area (Å²) in [7, 11) is 3.93. The third-order valence-electron chi connectivity index (χ3n) is 6.40. The number of nitrogens with one attached hydrogen (secondary N) is 2. The lowest BCUT2D eigenvalue weighted by molar-refractivity contribution is -0.135. The number of likely N-dealkylation sites (tertiary alicyclic amines) is 1. The third-order valence-corrected chi connectivity index (χ3v) is 6.40. The van der Waals surface area contributed by atoms with Crippen molar-refractivity contribution in [3.05, 3.63) is 35.4 Å². The molecule has 172 valence electrons. The van der Waals surface area contributed by atoms with Crippen molar-refractivity contribution < 1.29 is 18.4 Å². The van der Waals surface area contributed by atoms with E-state index in [1.165, 1.54) is 12.1 Å². The second-order valence-electron chi connectivity index (χ2n) is 9.04. The molecular formula is C23H34F2N4O2. The Bertz CT molecular complexity index is 748. The van der Waals surface area contributed by atoms with Gasteiger partial charge in [-0.2, -0.15) is 0 Å². The van der Waals surface area contributed by atoms with Gasteiger partial charge in [-0.3, -0.25) is 9.59 Å². The first-order valence-corrected chi connectivity index (χ1v) is 11.2. The second kappa shape index (κ2) is 11.0. The minimum Gasteiger partial charge on any atom is -0.352 e. The highest BCUT2D eigenvalue weighted by Gasteiger charge is 2.28. The number of carbonyl (C=O) groups is 2. The Hall–Kier alpha value is -2.06. The fraction of sp³-hybridized carbons (Fsp3) is 0.652. The maximum Gasteiger partial charge on any atom is 0.223 e. The number of amides is 2. The molecule has 2 heterocycles. The molecule has 1 aromatic carbocycles. The van der Waals surface area contributed by atoms with E-state index in [1.54, 1.807) is 11.9 Å². The van der Waals surface area contributed by atoms with Gasteiger partial charge in [0, 0.05) is 50.6 Å². The van der Waals surface area contributed by atoms with Crippen LogP contribution in [-0.4, -0.2) is 67.4 Å². The number of benzene rings is 1. The molecule has 2 aliphatic rings. The summed E-state index contributed by atoms with van der Waals surface area (Å²) in [6.07, 6.45) is 4.74. The standard InChI is InChI=1S/C23H34F2N4O2/c1-28-8-6-20(7-9-28)27-21-5-3-4-17(12-22(30)29(2)15-21)23(31)26-14-16-10-18(24)13-19(25)11-16/h10-11,13,17,20-21,27H,3-9,12,14-15H2,1-2H3,(H,26,31)/t17-,21-/m1/s1. The van der Waals surface area contributed by atoms with E-state index in [0.717, 1.165) is 44.8 Å². The number of carbonyl (C=O) groups excluding carboxylic acids is 2. The van der Waals surface area contributed by atoms with E-state index in [-0.39, 0.29) is 30.8 Å². The molecule has 0 aromatic heterocycles. The van der Waals surface area contributed by atoms with Crippen LogP contribution in [0.3, 0.4) is 0 Å². The predicted molar refractivity (Wildman–Crippen MR) is 115 cm³/mol. The van der Waals surface area contributed by atoms with Crippen molar-refractivity contribution in [1.29, 1.82) is 0 Å². The topological polar surface area (TPSA) is 64.7 Å². The zero-order valence-electron chi connectivity index (χ0n) is 18.5. The van der Waals surface area contributed by atoms with Gasteiger partial charge in [-0.1, -0.05) is 6.42 Å². The lowest BCUT2D eigenvalue weighted by Crippen LogP contribution is -2.49. The van der Waals surface area contributed by atoms with Crippen molar-refractivity contribution in [2.24, 2.45) is 5.92 Å². The van der Waals surface area contributed by atoms with Gasteiger partial charge in [0.25, 0.3) is 0 Å². The van der Waals surface area contributed by atoms with Crippen molar-refractivity contribution in [2.75, 3.05) is 33.7 Å². The van der Waals surface area contributed by atoms with Crippen LogP contribution < -0.4 is 10.6 Å². The summed E-state index contributed by atoms with van der Waals surface area (Å²) < 4.78 is 26.7. The van der Waals surface area contributed by atoms with E-state index >= 15 is 0 Å². The minimum atomic E-state index is -0.674. The Kier molecular flexibility index (Phi) is 8.37. The lowest BCUT2D eigenvalue weighted by atomic mass is 9.95.